The zero-order chi connectivity index (χ0) is 14.1. The molecule has 0 spiro atoms. The summed E-state index contributed by atoms with van der Waals surface area (Å²) < 4.78 is 5.26. The maximum absolute atomic E-state index is 6.33. The molecule has 20 heavy (non-hydrogen) atoms. The van der Waals surface area contributed by atoms with Crippen LogP contribution in [0.15, 0.2) is 24.3 Å². The van der Waals surface area contributed by atoms with Crippen LogP contribution in [-0.2, 0) is 0 Å². The average molecular weight is 274 g/mol. The number of hydrogen-bond donors (Lipinski definition) is 1. The number of nitrogens with two attached hydrogens (primary N) is 1. The molecule has 2 aliphatic rings. The lowest BCUT2D eigenvalue weighted by Crippen LogP contribution is -2.41. The van der Waals surface area contributed by atoms with Gasteiger partial charge in [-0.25, -0.2) is 0 Å². The van der Waals surface area contributed by atoms with Gasteiger partial charge in [0, 0.05) is 24.7 Å². The van der Waals surface area contributed by atoms with Crippen LogP contribution < -0.4 is 10.5 Å². The van der Waals surface area contributed by atoms with E-state index in [0.717, 1.165) is 17.7 Å². The van der Waals surface area contributed by atoms with Crippen molar-refractivity contribution in [1.82, 2.24) is 4.90 Å². The van der Waals surface area contributed by atoms with Crippen molar-refractivity contribution >= 4 is 0 Å². The van der Waals surface area contributed by atoms with E-state index in [2.05, 4.69) is 24.0 Å². The van der Waals surface area contributed by atoms with Crippen LogP contribution in [0.4, 0.5) is 0 Å². The lowest BCUT2D eigenvalue weighted by molar-refractivity contribution is 0.159. The van der Waals surface area contributed by atoms with Crippen LogP contribution in [0.2, 0.25) is 0 Å². The first-order valence-electron chi connectivity index (χ1n) is 7.84. The van der Waals surface area contributed by atoms with Gasteiger partial charge >= 0.3 is 0 Å². The Bertz CT molecular complexity index is 435. The van der Waals surface area contributed by atoms with Crippen molar-refractivity contribution in [3.63, 3.8) is 0 Å². The second-order valence-electron chi connectivity index (χ2n) is 6.45. The van der Waals surface area contributed by atoms with Crippen LogP contribution in [-0.4, -0.2) is 30.6 Å². The van der Waals surface area contributed by atoms with Crippen molar-refractivity contribution in [2.45, 2.75) is 50.7 Å². The minimum absolute atomic E-state index is 0.155. The molecule has 2 N–H and O–H groups in total. The van der Waals surface area contributed by atoms with E-state index in [0.29, 0.717) is 6.04 Å². The monoisotopic (exact) mass is 274 g/mol. The Hall–Kier alpha value is -1.06. The molecule has 3 nitrogen and oxygen atoms in total. The molecule has 0 aliphatic heterocycles. The molecule has 0 bridgehead atoms. The van der Waals surface area contributed by atoms with E-state index >= 15 is 0 Å². The Morgan fingerprint density at radius 3 is 2.30 bits per heavy atom. The van der Waals surface area contributed by atoms with E-state index in [-0.39, 0.29) is 6.04 Å². The molecule has 0 saturated heterocycles. The highest BCUT2D eigenvalue weighted by molar-refractivity contribution is 5.30. The zero-order valence-electron chi connectivity index (χ0n) is 12.6. The van der Waals surface area contributed by atoms with Crippen molar-refractivity contribution < 1.29 is 4.74 Å². The highest BCUT2D eigenvalue weighted by Crippen LogP contribution is 2.40. The molecule has 2 atom stereocenters. The second-order valence-corrected chi connectivity index (χ2v) is 6.45. The second kappa shape index (κ2) is 5.74. The quantitative estimate of drug-likeness (QED) is 0.831. The minimum Gasteiger partial charge on any atom is -0.497 e. The molecule has 2 saturated carbocycles. The molecule has 1 aromatic rings. The lowest BCUT2D eigenvalue weighted by atomic mass is 9.98. The molecule has 1 aromatic carbocycles. The van der Waals surface area contributed by atoms with E-state index in [1.54, 1.807) is 7.11 Å². The molecule has 0 radical (unpaired) electrons. The SMILES string of the molecule is COc1ccc(C(C(C)N)N(CC2CC2)C2CC2)cc1. The number of rotatable bonds is 7. The van der Waals surface area contributed by atoms with Crippen LogP contribution in [0, 0.1) is 5.92 Å². The van der Waals surface area contributed by atoms with Gasteiger partial charge in [-0.05, 0) is 56.2 Å². The summed E-state index contributed by atoms with van der Waals surface area (Å²) in [7, 11) is 1.71. The fourth-order valence-electron chi connectivity index (χ4n) is 3.09. The largest absolute Gasteiger partial charge is 0.497 e. The Balaban J connectivity index is 1.81. The molecule has 0 heterocycles. The van der Waals surface area contributed by atoms with Crippen LogP contribution in [0.3, 0.4) is 0 Å². The molecule has 3 heteroatoms. The van der Waals surface area contributed by atoms with Crippen molar-refractivity contribution in [2.75, 3.05) is 13.7 Å². The van der Waals surface area contributed by atoms with Gasteiger partial charge in [-0.1, -0.05) is 12.1 Å². The van der Waals surface area contributed by atoms with E-state index in [4.69, 9.17) is 10.5 Å². The van der Waals surface area contributed by atoms with Gasteiger partial charge in [-0.2, -0.15) is 0 Å². The standard InChI is InChI=1S/C17H26N2O/c1-12(18)17(14-5-9-16(20-2)10-6-14)19(15-7-8-15)11-13-3-4-13/h5-6,9-10,12-13,15,17H,3-4,7-8,11,18H2,1-2H3. The Morgan fingerprint density at radius 2 is 1.85 bits per heavy atom. The van der Waals surface area contributed by atoms with Crippen LogP contribution in [0.25, 0.3) is 0 Å². The van der Waals surface area contributed by atoms with E-state index < -0.39 is 0 Å². The first-order chi connectivity index (χ1) is 9.69. The van der Waals surface area contributed by atoms with Crippen LogP contribution in [0.1, 0.15) is 44.2 Å². The van der Waals surface area contributed by atoms with Gasteiger partial charge < -0.3 is 10.5 Å². The number of methoxy groups -OCH3 is 1. The van der Waals surface area contributed by atoms with Crippen molar-refractivity contribution in [2.24, 2.45) is 11.7 Å². The predicted molar refractivity (Wildman–Crippen MR) is 81.8 cm³/mol. The highest BCUT2D eigenvalue weighted by atomic mass is 16.5. The molecule has 110 valence electrons. The first kappa shape index (κ1) is 13.9. The van der Waals surface area contributed by atoms with Gasteiger partial charge in [0.1, 0.15) is 5.75 Å². The van der Waals surface area contributed by atoms with Gasteiger partial charge in [0.25, 0.3) is 0 Å². The fourth-order valence-corrected chi connectivity index (χ4v) is 3.09. The maximum Gasteiger partial charge on any atom is 0.118 e. The van der Waals surface area contributed by atoms with E-state index in [1.807, 2.05) is 12.1 Å². The van der Waals surface area contributed by atoms with Crippen molar-refractivity contribution in [3.05, 3.63) is 29.8 Å². The molecule has 0 amide bonds. The molecule has 2 unspecified atom stereocenters. The van der Waals surface area contributed by atoms with Gasteiger partial charge in [-0.15, -0.1) is 0 Å². The summed E-state index contributed by atoms with van der Waals surface area (Å²) in [5.41, 5.74) is 7.66. The van der Waals surface area contributed by atoms with E-state index in [9.17, 15) is 0 Å². The first-order valence-corrected chi connectivity index (χ1v) is 7.84. The Morgan fingerprint density at radius 1 is 1.20 bits per heavy atom. The Kier molecular flexibility index (Phi) is 3.99. The molecule has 0 aromatic heterocycles. The smallest absolute Gasteiger partial charge is 0.118 e. The summed E-state index contributed by atoms with van der Waals surface area (Å²) in [6.45, 7) is 3.36. The van der Waals surface area contributed by atoms with E-state index in [1.165, 1.54) is 37.8 Å². The summed E-state index contributed by atoms with van der Waals surface area (Å²) in [5.74, 6) is 1.83. The normalized spacial score (nSPS) is 21.8. The minimum atomic E-state index is 0.155. The molecule has 2 fully saturated rings. The summed E-state index contributed by atoms with van der Waals surface area (Å²) in [4.78, 5) is 2.67. The zero-order valence-corrected chi connectivity index (χ0v) is 12.6. The van der Waals surface area contributed by atoms with Crippen LogP contribution in [0.5, 0.6) is 5.75 Å². The molecular weight excluding hydrogens is 248 g/mol. The number of benzene rings is 1. The Labute approximate surface area is 122 Å². The van der Waals surface area contributed by atoms with Gasteiger partial charge in [-0.3, -0.25) is 4.90 Å². The molecular formula is C17H26N2O. The fraction of sp³-hybridized carbons (Fsp3) is 0.647. The summed E-state index contributed by atoms with van der Waals surface area (Å²) in [6.07, 6.45) is 5.48. The van der Waals surface area contributed by atoms with Gasteiger partial charge in [0.2, 0.25) is 0 Å². The lowest BCUT2D eigenvalue weighted by Gasteiger charge is -2.35. The van der Waals surface area contributed by atoms with Gasteiger partial charge in [0.15, 0.2) is 0 Å². The third-order valence-corrected chi connectivity index (χ3v) is 4.49. The van der Waals surface area contributed by atoms with Crippen molar-refractivity contribution in [1.29, 1.82) is 0 Å². The highest BCUT2D eigenvalue weighted by Gasteiger charge is 2.39. The third-order valence-electron chi connectivity index (χ3n) is 4.49. The third kappa shape index (κ3) is 3.15. The summed E-state index contributed by atoms with van der Waals surface area (Å²) >= 11 is 0. The van der Waals surface area contributed by atoms with Crippen LogP contribution >= 0.6 is 0 Å². The number of hydrogen-bond acceptors (Lipinski definition) is 3. The maximum atomic E-state index is 6.33. The van der Waals surface area contributed by atoms with Crippen molar-refractivity contribution in [3.8, 4) is 5.75 Å². The predicted octanol–water partition coefficient (Wildman–Crippen LogP) is 2.96. The summed E-state index contributed by atoms with van der Waals surface area (Å²) in [6, 6.07) is 9.70. The van der Waals surface area contributed by atoms with Gasteiger partial charge in [0.05, 0.1) is 7.11 Å². The number of ether oxygens (including phenoxy) is 1. The molecule has 3 rings (SSSR count). The number of nitrogens with zero attached hydrogens (tertiary/aromatic N) is 1. The average Bonchev–Trinajstić information content (AvgIpc) is 3.31. The summed E-state index contributed by atoms with van der Waals surface area (Å²) in [5, 5.41) is 0. The topological polar surface area (TPSA) is 38.5 Å². The molecule has 2 aliphatic carbocycles.